The van der Waals surface area contributed by atoms with Crippen molar-refractivity contribution in [1.29, 1.82) is 5.26 Å². The molecule has 27 heteroatoms. The van der Waals surface area contributed by atoms with E-state index >= 15 is 0 Å². The molecule has 0 aliphatic rings. The zero-order chi connectivity index (χ0) is 58.8. The van der Waals surface area contributed by atoms with Crippen molar-refractivity contribution in [2.45, 2.75) is 212 Å². The third-order valence-electron chi connectivity index (χ3n) is 11.6. The minimum atomic E-state index is -5.38. The standard InChI is InChI=1S/C51H88F9N8O9P/c1-6-7-8-9-10-11-12-13-14-15-16-17-20-28-43(77-48(73)65-34-27-36-67(46(71)51(58,59)60)35-23-22-30-62-31-26-33-63-44(69)49(52,53)54)42(66-45(70)50(55,56)57)39-74-47(72)64-32-21-18-19-24-37-75-78(76-38-25-29-61)68(40(2)3)41(4)5/h20,28,40-43,62H,6-19,21-27,30-39H2,1-5H3,(H,63,69)(H,64,72)(H,65,73)(H,66,70)/b28-20+/t42-,43+,78?/m0/s1. The van der Waals surface area contributed by atoms with Crippen molar-refractivity contribution in [2.75, 3.05) is 65.6 Å². The van der Waals surface area contributed by atoms with Gasteiger partial charge in [0.25, 0.3) is 8.53 Å². The van der Waals surface area contributed by atoms with Crippen molar-refractivity contribution in [3.8, 4) is 6.07 Å². The highest BCUT2D eigenvalue weighted by Crippen LogP contribution is 2.46. The molecular formula is C51H88F9N8O9P. The summed E-state index contributed by atoms with van der Waals surface area (Å²) in [7, 11) is -1.40. The molecule has 0 aromatic carbocycles. The van der Waals surface area contributed by atoms with Gasteiger partial charge in [-0.05, 0) is 98.2 Å². The molecular weight excluding hydrogens is 1070 g/mol. The van der Waals surface area contributed by atoms with Crippen molar-refractivity contribution in [3.05, 3.63) is 12.2 Å². The van der Waals surface area contributed by atoms with E-state index in [-0.39, 0.29) is 90.1 Å². The lowest BCUT2D eigenvalue weighted by atomic mass is 10.0. The summed E-state index contributed by atoms with van der Waals surface area (Å²) in [5.74, 6) is -6.63. The van der Waals surface area contributed by atoms with Gasteiger partial charge < -0.3 is 50.0 Å². The lowest BCUT2D eigenvalue weighted by Gasteiger charge is -2.35. The number of allylic oxidation sites excluding steroid dienone is 1. The molecule has 0 bridgehead atoms. The lowest BCUT2D eigenvalue weighted by molar-refractivity contribution is -0.185. The molecule has 5 amide bonds. The maximum Gasteiger partial charge on any atom is 0.471 e. The van der Waals surface area contributed by atoms with E-state index < -0.39 is 82.3 Å². The number of ether oxygens (including phenoxy) is 2. The highest BCUT2D eigenvalue weighted by Gasteiger charge is 2.43. The molecule has 0 fully saturated rings. The Morgan fingerprint density at radius 1 is 0.590 bits per heavy atom. The number of carbonyl (C=O) groups excluding carboxylic acids is 5. The van der Waals surface area contributed by atoms with Crippen LogP contribution in [-0.2, 0) is 32.9 Å². The van der Waals surface area contributed by atoms with Gasteiger partial charge in [0, 0.05) is 44.8 Å². The van der Waals surface area contributed by atoms with Gasteiger partial charge >= 0.3 is 48.4 Å². The van der Waals surface area contributed by atoms with E-state index in [2.05, 4.69) is 33.6 Å². The molecule has 0 aliphatic carbocycles. The van der Waals surface area contributed by atoms with Crippen molar-refractivity contribution in [2.24, 2.45) is 0 Å². The summed E-state index contributed by atoms with van der Waals surface area (Å²) in [6, 6.07) is 0.572. The molecule has 0 radical (unpaired) electrons. The molecule has 0 aromatic heterocycles. The van der Waals surface area contributed by atoms with E-state index in [9.17, 15) is 63.5 Å². The van der Waals surface area contributed by atoms with Gasteiger partial charge in [-0.3, -0.25) is 14.4 Å². The van der Waals surface area contributed by atoms with Gasteiger partial charge in [0.1, 0.15) is 18.8 Å². The number of hydrogen-bond donors (Lipinski definition) is 5. The average Bonchev–Trinajstić information content (AvgIpc) is 3.35. The fourth-order valence-electron chi connectivity index (χ4n) is 7.64. The highest BCUT2D eigenvalue weighted by molar-refractivity contribution is 7.44. The SMILES string of the molecule is CCCCCCCCCCCCC/C=C/[C@@H](OC(=O)NCCCN(CCCCNCCCNC(=O)C(F)(F)F)C(=O)C(F)(F)F)[C@H](COC(=O)NCCCCCCOP(OCCC#N)N(C(C)C)C(C)C)NC(=O)C(F)(F)F. The lowest BCUT2D eigenvalue weighted by Crippen LogP contribution is -2.52. The zero-order valence-corrected chi connectivity index (χ0v) is 47.1. The van der Waals surface area contributed by atoms with Gasteiger partial charge in [-0.1, -0.05) is 90.0 Å². The Kier molecular flexibility index (Phi) is 41.3. The molecule has 78 heavy (non-hydrogen) atoms. The van der Waals surface area contributed by atoms with Crippen LogP contribution in [0.5, 0.6) is 0 Å². The minimum absolute atomic E-state index is 0.0874. The number of alkyl halides is 9. The van der Waals surface area contributed by atoms with E-state index in [1.165, 1.54) is 38.2 Å². The van der Waals surface area contributed by atoms with Crippen LogP contribution in [0.1, 0.15) is 169 Å². The molecule has 0 spiro atoms. The molecule has 0 aliphatic heterocycles. The fraction of sp³-hybridized carbons (Fsp3) is 0.843. The van der Waals surface area contributed by atoms with Crippen molar-refractivity contribution in [1.82, 2.24) is 36.2 Å². The Morgan fingerprint density at radius 3 is 1.69 bits per heavy atom. The molecule has 17 nitrogen and oxygen atoms in total. The molecule has 5 N–H and O–H groups in total. The number of nitriles is 1. The molecule has 0 saturated carbocycles. The Morgan fingerprint density at radius 2 is 1.10 bits per heavy atom. The maximum absolute atomic E-state index is 13.6. The fourth-order valence-corrected chi connectivity index (χ4v) is 9.27. The predicted molar refractivity (Wildman–Crippen MR) is 278 cm³/mol. The van der Waals surface area contributed by atoms with Gasteiger partial charge in [-0.15, -0.1) is 0 Å². The molecule has 1 unspecified atom stereocenters. The van der Waals surface area contributed by atoms with Gasteiger partial charge in [-0.25, -0.2) is 14.3 Å². The highest BCUT2D eigenvalue weighted by atomic mass is 31.2. The summed E-state index contributed by atoms with van der Waals surface area (Å²) in [5, 5.41) is 20.1. The zero-order valence-electron chi connectivity index (χ0n) is 46.2. The first-order valence-electron chi connectivity index (χ1n) is 27.4. The second-order valence-corrected chi connectivity index (χ2v) is 20.6. The smallest absolute Gasteiger partial charge is 0.447 e. The number of halogens is 9. The first kappa shape index (κ1) is 73.8. The number of alkyl carbamates (subject to hydrolysis) is 2. The van der Waals surface area contributed by atoms with Crippen LogP contribution in [0.2, 0.25) is 0 Å². The largest absolute Gasteiger partial charge is 0.471 e. The molecule has 0 rings (SSSR count). The summed E-state index contributed by atoms with van der Waals surface area (Å²) in [6.07, 6.45) is -1.47. The van der Waals surface area contributed by atoms with Gasteiger partial charge in [0.15, 0.2) is 0 Å². The number of rotatable bonds is 45. The molecule has 0 saturated heterocycles. The molecule has 3 atom stereocenters. The van der Waals surface area contributed by atoms with Crippen LogP contribution in [0.15, 0.2) is 12.2 Å². The number of nitrogens with one attached hydrogen (secondary N) is 5. The first-order valence-corrected chi connectivity index (χ1v) is 28.5. The van der Waals surface area contributed by atoms with Crippen LogP contribution < -0.4 is 26.6 Å². The van der Waals surface area contributed by atoms with Crippen LogP contribution in [-0.4, -0.2) is 148 Å². The van der Waals surface area contributed by atoms with E-state index in [1.54, 1.807) is 16.7 Å². The van der Waals surface area contributed by atoms with E-state index in [0.29, 0.717) is 43.6 Å². The first-order chi connectivity index (χ1) is 36.9. The van der Waals surface area contributed by atoms with Crippen molar-refractivity contribution in [3.63, 3.8) is 0 Å². The summed E-state index contributed by atoms with van der Waals surface area (Å²) in [5.41, 5.74) is 0. The van der Waals surface area contributed by atoms with Crippen LogP contribution in [0.25, 0.3) is 0 Å². The topological polar surface area (TPSA) is 213 Å². The Balaban J connectivity index is 5.66. The summed E-state index contributed by atoms with van der Waals surface area (Å²) >= 11 is 0. The maximum atomic E-state index is 13.6. The van der Waals surface area contributed by atoms with Crippen LogP contribution >= 0.6 is 8.53 Å². The third kappa shape index (κ3) is 38.4. The predicted octanol–water partition coefficient (Wildman–Crippen LogP) is 11.2. The molecule has 0 heterocycles. The monoisotopic (exact) mass is 1160 g/mol. The number of amides is 5. The Labute approximate surface area is 456 Å². The van der Waals surface area contributed by atoms with Gasteiger partial charge in [0.05, 0.1) is 25.7 Å². The number of unbranched alkanes of at least 4 members (excludes halogenated alkanes) is 15. The molecule has 454 valence electrons. The Hall–Kier alpha value is -4.18. The average molecular weight is 1160 g/mol. The van der Waals surface area contributed by atoms with Crippen LogP contribution in [0.3, 0.4) is 0 Å². The number of hydrogen-bond acceptors (Lipinski definition) is 12. The summed E-state index contributed by atoms with van der Waals surface area (Å²) in [4.78, 5) is 61.8. The van der Waals surface area contributed by atoms with Gasteiger partial charge in [0.2, 0.25) is 0 Å². The third-order valence-corrected chi connectivity index (χ3v) is 13.7. The summed E-state index contributed by atoms with van der Waals surface area (Å²) in [6.45, 7) is 9.14. The van der Waals surface area contributed by atoms with Crippen molar-refractivity contribution >= 4 is 38.4 Å². The van der Waals surface area contributed by atoms with Gasteiger partial charge in [-0.2, -0.15) is 44.8 Å². The van der Waals surface area contributed by atoms with E-state index in [1.807, 2.05) is 27.7 Å². The number of carbonyl (C=O) groups is 5. The Bertz CT molecular complexity index is 1700. The summed E-state index contributed by atoms with van der Waals surface area (Å²) < 4.78 is 143. The van der Waals surface area contributed by atoms with Crippen LogP contribution in [0.4, 0.5) is 49.1 Å². The second-order valence-electron chi connectivity index (χ2n) is 19.2. The van der Waals surface area contributed by atoms with E-state index in [4.69, 9.17) is 23.8 Å². The second kappa shape index (κ2) is 43.6. The van der Waals surface area contributed by atoms with E-state index in [0.717, 1.165) is 38.5 Å². The van der Waals surface area contributed by atoms with Crippen molar-refractivity contribution < 1.29 is 82.0 Å². The quantitative estimate of drug-likeness (QED) is 0.0167. The minimum Gasteiger partial charge on any atom is -0.447 e. The normalized spacial score (nSPS) is 13.3. The van der Waals surface area contributed by atoms with Crippen LogP contribution in [0, 0.1) is 11.3 Å². The number of nitrogens with zero attached hydrogens (tertiary/aromatic N) is 3. The molecule has 0 aromatic rings.